The summed E-state index contributed by atoms with van der Waals surface area (Å²) in [7, 11) is 0. The Balaban J connectivity index is 1.71. The maximum absolute atomic E-state index is 12.4. The van der Waals surface area contributed by atoms with Crippen LogP contribution in [0, 0.1) is 6.92 Å². The second-order valence-electron chi connectivity index (χ2n) is 5.83. The Morgan fingerprint density at radius 1 is 1.30 bits per heavy atom. The van der Waals surface area contributed by atoms with Crippen molar-refractivity contribution in [3.05, 3.63) is 53.4 Å². The van der Waals surface area contributed by atoms with Crippen molar-refractivity contribution < 1.29 is 14.1 Å². The van der Waals surface area contributed by atoms with Crippen molar-refractivity contribution >= 4 is 11.8 Å². The summed E-state index contributed by atoms with van der Waals surface area (Å²) >= 11 is 0. The molecule has 2 amide bonds. The highest BCUT2D eigenvalue weighted by Crippen LogP contribution is 2.19. The topological polar surface area (TPSA) is 84.2 Å². The summed E-state index contributed by atoms with van der Waals surface area (Å²) in [6, 6.07) is 10.7. The van der Waals surface area contributed by atoms with Gasteiger partial charge < -0.3 is 15.2 Å². The monoisotopic (exact) mass is 313 g/mol. The highest BCUT2D eigenvalue weighted by atomic mass is 16.5. The lowest BCUT2D eigenvalue weighted by Gasteiger charge is -2.17. The second kappa shape index (κ2) is 6.64. The number of carbonyl (C=O) groups excluding carboxylic acids is 2. The van der Waals surface area contributed by atoms with E-state index in [2.05, 4.69) is 15.8 Å². The number of carbonyl (C=O) groups is 2. The molecule has 1 aromatic heterocycles. The van der Waals surface area contributed by atoms with Gasteiger partial charge in [-0.1, -0.05) is 35.5 Å². The van der Waals surface area contributed by atoms with Crippen LogP contribution in [-0.2, 0) is 11.2 Å². The first kappa shape index (κ1) is 15.3. The standard InChI is InChI=1S/C17H19N3O3/c1-11-9-15(23-20-11)17(22)19-14(16(21)18-13-7-8-13)10-12-5-3-2-4-6-12/h2-6,9,13-14H,7-8,10H2,1H3,(H,18,21)(H,19,22). The van der Waals surface area contributed by atoms with Crippen molar-refractivity contribution in [1.29, 1.82) is 0 Å². The molecule has 1 unspecified atom stereocenters. The average Bonchev–Trinajstić information content (AvgIpc) is 3.25. The molecule has 1 aliphatic rings. The van der Waals surface area contributed by atoms with E-state index in [9.17, 15) is 9.59 Å². The van der Waals surface area contributed by atoms with E-state index < -0.39 is 11.9 Å². The molecule has 0 bridgehead atoms. The highest BCUT2D eigenvalue weighted by molar-refractivity contribution is 5.95. The molecular weight excluding hydrogens is 294 g/mol. The van der Waals surface area contributed by atoms with Crippen molar-refractivity contribution in [1.82, 2.24) is 15.8 Å². The third-order valence-corrected chi connectivity index (χ3v) is 3.68. The van der Waals surface area contributed by atoms with Gasteiger partial charge >= 0.3 is 0 Å². The molecule has 2 N–H and O–H groups in total. The van der Waals surface area contributed by atoms with Crippen LogP contribution in [0.3, 0.4) is 0 Å². The quantitative estimate of drug-likeness (QED) is 0.848. The van der Waals surface area contributed by atoms with Gasteiger partial charge in [0.05, 0.1) is 5.69 Å². The molecule has 2 aromatic rings. The first-order valence-corrected chi connectivity index (χ1v) is 7.70. The molecule has 6 nitrogen and oxygen atoms in total. The number of rotatable bonds is 6. The Morgan fingerprint density at radius 3 is 2.65 bits per heavy atom. The molecule has 0 radical (unpaired) electrons. The molecule has 1 fully saturated rings. The maximum Gasteiger partial charge on any atom is 0.290 e. The molecule has 1 aromatic carbocycles. The molecule has 0 aliphatic heterocycles. The molecule has 1 aliphatic carbocycles. The molecule has 1 atom stereocenters. The second-order valence-corrected chi connectivity index (χ2v) is 5.83. The van der Waals surface area contributed by atoms with Gasteiger partial charge in [-0.15, -0.1) is 0 Å². The minimum absolute atomic E-state index is 0.111. The maximum atomic E-state index is 12.4. The van der Waals surface area contributed by atoms with Crippen molar-refractivity contribution in [2.24, 2.45) is 0 Å². The zero-order valence-corrected chi connectivity index (χ0v) is 12.9. The number of benzene rings is 1. The average molecular weight is 313 g/mol. The number of aromatic nitrogens is 1. The van der Waals surface area contributed by atoms with Gasteiger partial charge in [-0.3, -0.25) is 9.59 Å². The van der Waals surface area contributed by atoms with Crippen LogP contribution < -0.4 is 10.6 Å². The first-order chi connectivity index (χ1) is 11.1. The number of aryl methyl sites for hydroxylation is 1. The molecule has 120 valence electrons. The molecule has 6 heteroatoms. The third-order valence-electron chi connectivity index (χ3n) is 3.68. The summed E-state index contributed by atoms with van der Waals surface area (Å²) in [5.41, 5.74) is 1.61. The zero-order valence-electron chi connectivity index (χ0n) is 12.9. The normalized spacial score (nSPS) is 15.0. The predicted octanol–water partition coefficient (Wildman–Crippen LogP) is 1.60. The number of nitrogens with one attached hydrogen (secondary N) is 2. The van der Waals surface area contributed by atoms with E-state index >= 15 is 0 Å². The predicted molar refractivity (Wildman–Crippen MR) is 83.8 cm³/mol. The van der Waals surface area contributed by atoms with E-state index in [-0.39, 0.29) is 17.7 Å². The van der Waals surface area contributed by atoms with Crippen LogP contribution >= 0.6 is 0 Å². The third kappa shape index (κ3) is 4.18. The smallest absolute Gasteiger partial charge is 0.290 e. The number of hydrogen-bond donors (Lipinski definition) is 2. The Kier molecular flexibility index (Phi) is 4.41. The van der Waals surface area contributed by atoms with Gasteiger partial charge in [0.25, 0.3) is 5.91 Å². The van der Waals surface area contributed by atoms with Gasteiger partial charge in [-0.2, -0.15) is 0 Å². The van der Waals surface area contributed by atoms with Crippen LogP contribution in [-0.4, -0.2) is 29.1 Å². The van der Waals surface area contributed by atoms with E-state index in [0.29, 0.717) is 12.1 Å². The lowest BCUT2D eigenvalue weighted by Crippen LogP contribution is -2.48. The summed E-state index contributed by atoms with van der Waals surface area (Å²) in [5.74, 6) is -0.488. The fourth-order valence-corrected chi connectivity index (χ4v) is 2.29. The SMILES string of the molecule is Cc1cc(C(=O)NC(Cc2ccccc2)C(=O)NC2CC2)on1. The Hall–Kier alpha value is -2.63. The van der Waals surface area contributed by atoms with Gasteiger partial charge in [0, 0.05) is 18.5 Å². The minimum Gasteiger partial charge on any atom is -0.352 e. The van der Waals surface area contributed by atoms with E-state index in [0.717, 1.165) is 18.4 Å². The molecule has 1 heterocycles. The number of hydrogen-bond acceptors (Lipinski definition) is 4. The van der Waals surface area contributed by atoms with E-state index in [4.69, 9.17) is 4.52 Å². The van der Waals surface area contributed by atoms with Crippen LogP contribution in [0.4, 0.5) is 0 Å². The number of nitrogens with zero attached hydrogens (tertiary/aromatic N) is 1. The van der Waals surface area contributed by atoms with Gasteiger partial charge in [-0.25, -0.2) is 0 Å². The fourth-order valence-electron chi connectivity index (χ4n) is 2.29. The molecule has 3 rings (SSSR count). The molecule has 1 saturated carbocycles. The summed E-state index contributed by atoms with van der Waals surface area (Å²) in [4.78, 5) is 24.6. The van der Waals surface area contributed by atoms with E-state index in [1.54, 1.807) is 13.0 Å². The Bertz CT molecular complexity index is 692. The Labute approximate surface area is 134 Å². The molecule has 0 saturated heterocycles. The summed E-state index contributed by atoms with van der Waals surface area (Å²) in [6.45, 7) is 1.74. The molecule has 0 spiro atoms. The lowest BCUT2D eigenvalue weighted by molar-refractivity contribution is -0.123. The van der Waals surface area contributed by atoms with Crippen molar-refractivity contribution in [2.45, 2.75) is 38.3 Å². The summed E-state index contributed by atoms with van der Waals surface area (Å²) < 4.78 is 4.96. The lowest BCUT2D eigenvalue weighted by atomic mass is 10.0. The summed E-state index contributed by atoms with van der Waals surface area (Å²) in [6.07, 6.45) is 2.43. The number of amides is 2. The van der Waals surface area contributed by atoms with Crippen LogP contribution in [0.25, 0.3) is 0 Å². The minimum atomic E-state index is -0.643. The van der Waals surface area contributed by atoms with Gasteiger partial charge in [0.15, 0.2) is 0 Å². The van der Waals surface area contributed by atoms with Crippen molar-refractivity contribution in [2.75, 3.05) is 0 Å². The van der Waals surface area contributed by atoms with Crippen molar-refractivity contribution in [3.8, 4) is 0 Å². The van der Waals surface area contributed by atoms with Crippen LogP contribution in [0.2, 0.25) is 0 Å². The zero-order chi connectivity index (χ0) is 16.2. The van der Waals surface area contributed by atoms with Gasteiger partial charge in [-0.05, 0) is 25.3 Å². The molecular formula is C17H19N3O3. The van der Waals surface area contributed by atoms with Crippen LogP contribution in [0.15, 0.2) is 40.9 Å². The summed E-state index contributed by atoms with van der Waals surface area (Å²) in [5, 5.41) is 9.38. The highest BCUT2D eigenvalue weighted by Gasteiger charge is 2.29. The largest absolute Gasteiger partial charge is 0.352 e. The van der Waals surface area contributed by atoms with Crippen LogP contribution in [0.1, 0.15) is 34.7 Å². The van der Waals surface area contributed by atoms with Gasteiger partial charge in [0.1, 0.15) is 6.04 Å². The van der Waals surface area contributed by atoms with Crippen molar-refractivity contribution in [3.63, 3.8) is 0 Å². The van der Waals surface area contributed by atoms with E-state index in [1.165, 1.54) is 0 Å². The van der Waals surface area contributed by atoms with Crippen LogP contribution in [0.5, 0.6) is 0 Å². The van der Waals surface area contributed by atoms with Gasteiger partial charge in [0.2, 0.25) is 11.7 Å². The van der Waals surface area contributed by atoms with E-state index in [1.807, 2.05) is 30.3 Å². The molecule has 23 heavy (non-hydrogen) atoms. The fraction of sp³-hybridized carbons (Fsp3) is 0.353. The Morgan fingerprint density at radius 2 is 2.04 bits per heavy atom. The first-order valence-electron chi connectivity index (χ1n) is 7.70.